The Morgan fingerprint density at radius 3 is 2.76 bits per heavy atom. The molecular weight excluding hydrogens is 212 g/mol. The van der Waals surface area contributed by atoms with Gasteiger partial charge in [0.05, 0.1) is 6.26 Å². The smallest absolute Gasteiger partial charge is 0.185 e. The predicted molar refractivity (Wildman–Crippen MR) is 71.5 cm³/mol. The molecule has 0 fully saturated rings. The average molecular weight is 238 g/mol. The number of aliphatic hydroxyl groups is 1. The lowest BCUT2D eigenvalue weighted by molar-refractivity contribution is 0.0588. The van der Waals surface area contributed by atoms with E-state index in [4.69, 9.17) is 9.84 Å². The highest BCUT2D eigenvalue weighted by molar-refractivity contribution is 5.23. The van der Waals surface area contributed by atoms with Gasteiger partial charge < -0.3 is 9.84 Å². The van der Waals surface area contributed by atoms with Crippen LogP contribution < -0.4 is 0 Å². The van der Waals surface area contributed by atoms with Crippen LogP contribution >= 0.6 is 0 Å². The number of hydrogen-bond acceptors (Lipinski definition) is 2. The SMILES string of the molecule is CC1=C(CC/C(C)=C/OCO)C(C)(C)CCC1. The van der Waals surface area contributed by atoms with E-state index in [1.165, 1.54) is 24.8 Å². The van der Waals surface area contributed by atoms with Gasteiger partial charge in [0.1, 0.15) is 0 Å². The topological polar surface area (TPSA) is 29.5 Å². The molecule has 0 spiro atoms. The molecule has 0 heterocycles. The van der Waals surface area contributed by atoms with Crippen LogP contribution in [0.25, 0.3) is 0 Å². The average Bonchev–Trinajstić information content (AvgIpc) is 2.24. The van der Waals surface area contributed by atoms with Crippen LogP contribution in [0, 0.1) is 5.41 Å². The molecule has 1 aliphatic carbocycles. The lowest BCUT2D eigenvalue weighted by Crippen LogP contribution is -2.20. The van der Waals surface area contributed by atoms with Crippen molar-refractivity contribution in [3.63, 3.8) is 0 Å². The van der Waals surface area contributed by atoms with Gasteiger partial charge in [-0.1, -0.05) is 25.0 Å². The summed E-state index contributed by atoms with van der Waals surface area (Å²) in [6.45, 7) is 8.81. The van der Waals surface area contributed by atoms with E-state index in [-0.39, 0.29) is 6.79 Å². The van der Waals surface area contributed by atoms with Gasteiger partial charge in [0.25, 0.3) is 0 Å². The molecule has 0 saturated carbocycles. The van der Waals surface area contributed by atoms with Crippen molar-refractivity contribution in [2.24, 2.45) is 5.41 Å². The van der Waals surface area contributed by atoms with Gasteiger partial charge in [-0.05, 0) is 56.9 Å². The minimum Gasteiger partial charge on any atom is -0.475 e. The third-order valence-corrected chi connectivity index (χ3v) is 3.81. The first-order valence-electron chi connectivity index (χ1n) is 6.54. The van der Waals surface area contributed by atoms with Crippen molar-refractivity contribution in [3.8, 4) is 0 Å². The summed E-state index contributed by atoms with van der Waals surface area (Å²) in [6, 6.07) is 0. The first-order valence-corrected chi connectivity index (χ1v) is 6.54. The van der Waals surface area contributed by atoms with Gasteiger partial charge in [-0.25, -0.2) is 0 Å². The highest BCUT2D eigenvalue weighted by Crippen LogP contribution is 2.42. The fourth-order valence-electron chi connectivity index (χ4n) is 2.79. The van der Waals surface area contributed by atoms with Crippen molar-refractivity contribution in [1.82, 2.24) is 0 Å². The molecule has 2 nitrogen and oxygen atoms in total. The van der Waals surface area contributed by atoms with Crippen LogP contribution in [0.15, 0.2) is 23.0 Å². The molecule has 98 valence electrons. The molecule has 0 aromatic carbocycles. The third kappa shape index (κ3) is 4.19. The Hall–Kier alpha value is -0.760. The molecule has 0 saturated heterocycles. The summed E-state index contributed by atoms with van der Waals surface area (Å²) in [5, 5.41) is 8.58. The van der Waals surface area contributed by atoms with E-state index in [1.807, 2.05) is 0 Å². The summed E-state index contributed by atoms with van der Waals surface area (Å²) in [6.07, 6.45) is 7.70. The summed E-state index contributed by atoms with van der Waals surface area (Å²) in [4.78, 5) is 0. The van der Waals surface area contributed by atoms with Crippen molar-refractivity contribution in [2.75, 3.05) is 6.79 Å². The van der Waals surface area contributed by atoms with Crippen molar-refractivity contribution in [3.05, 3.63) is 23.0 Å². The van der Waals surface area contributed by atoms with Crippen LogP contribution in [-0.2, 0) is 4.74 Å². The Bertz CT molecular complexity index is 311. The van der Waals surface area contributed by atoms with Gasteiger partial charge in [0.15, 0.2) is 6.79 Å². The minimum atomic E-state index is -0.232. The summed E-state index contributed by atoms with van der Waals surface area (Å²) < 4.78 is 4.89. The largest absolute Gasteiger partial charge is 0.475 e. The van der Waals surface area contributed by atoms with Gasteiger partial charge >= 0.3 is 0 Å². The zero-order chi connectivity index (χ0) is 12.9. The molecule has 17 heavy (non-hydrogen) atoms. The zero-order valence-corrected chi connectivity index (χ0v) is 11.7. The monoisotopic (exact) mass is 238 g/mol. The number of hydrogen-bond donors (Lipinski definition) is 1. The van der Waals surface area contributed by atoms with Gasteiger partial charge in [-0.2, -0.15) is 0 Å². The zero-order valence-electron chi connectivity index (χ0n) is 11.7. The number of aliphatic hydroxyl groups excluding tert-OH is 1. The fourth-order valence-corrected chi connectivity index (χ4v) is 2.79. The van der Waals surface area contributed by atoms with Crippen molar-refractivity contribution in [1.29, 1.82) is 0 Å². The summed E-state index contributed by atoms with van der Waals surface area (Å²) in [7, 11) is 0. The van der Waals surface area contributed by atoms with Crippen LogP contribution in [0.4, 0.5) is 0 Å². The third-order valence-electron chi connectivity index (χ3n) is 3.81. The maximum absolute atomic E-state index is 8.58. The lowest BCUT2D eigenvalue weighted by atomic mass is 9.71. The number of rotatable bonds is 5. The summed E-state index contributed by atoms with van der Waals surface area (Å²) in [5.41, 5.74) is 4.76. The maximum atomic E-state index is 8.58. The van der Waals surface area contributed by atoms with Crippen molar-refractivity contribution in [2.45, 2.75) is 59.8 Å². The highest BCUT2D eigenvalue weighted by Gasteiger charge is 2.27. The second kappa shape index (κ2) is 6.25. The fraction of sp³-hybridized carbons (Fsp3) is 0.733. The Kier molecular flexibility index (Phi) is 5.26. The molecule has 1 aliphatic rings. The van der Waals surface area contributed by atoms with Gasteiger partial charge in [0.2, 0.25) is 0 Å². The standard InChI is InChI=1S/C15H26O2/c1-12(10-17-11-16)7-8-14-13(2)6-5-9-15(14,3)4/h10,16H,5-9,11H2,1-4H3/b12-10+. The van der Waals surface area contributed by atoms with Gasteiger partial charge in [0, 0.05) is 0 Å². The quantitative estimate of drug-likeness (QED) is 0.442. The highest BCUT2D eigenvalue weighted by atomic mass is 16.6. The van der Waals surface area contributed by atoms with E-state index in [0.29, 0.717) is 5.41 Å². The summed E-state index contributed by atoms with van der Waals surface area (Å²) >= 11 is 0. The molecule has 1 rings (SSSR count). The van der Waals surface area contributed by atoms with E-state index in [0.717, 1.165) is 12.8 Å². The summed E-state index contributed by atoms with van der Waals surface area (Å²) in [5.74, 6) is 0. The molecule has 0 aliphatic heterocycles. The lowest BCUT2D eigenvalue weighted by Gasteiger charge is -2.34. The molecule has 0 atom stereocenters. The Balaban J connectivity index is 2.61. The van der Waals surface area contributed by atoms with Crippen LogP contribution in [0.2, 0.25) is 0 Å². The molecule has 0 radical (unpaired) electrons. The van der Waals surface area contributed by atoms with E-state index >= 15 is 0 Å². The van der Waals surface area contributed by atoms with Crippen molar-refractivity contribution >= 4 is 0 Å². The van der Waals surface area contributed by atoms with Crippen LogP contribution in [0.1, 0.15) is 59.8 Å². The first-order chi connectivity index (χ1) is 7.97. The molecule has 0 aromatic rings. The van der Waals surface area contributed by atoms with E-state index in [9.17, 15) is 0 Å². The Morgan fingerprint density at radius 2 is 2.18 bits per heavy atom. The van der Waals surface area contributed by atoms with E-state index in [2.05, 4.69) is 27.7 Å². The van der Waals surface area contributed by atoms with Gasteiger partial charge in [-0.15, -0.1) is 0 Å². The Morgan fingerprint density at radius 1 is 1.47 bits per heavy atom. The molecule has 0 bridgehead atoms. The molecule has 0 amide bonds. The first kappa shape index (κ1) is 14.3. The maximum Gasteiger partial charge on any atom is 0.185 e. The van der Waals surface area contributed by atoms with Crippen LogP contribution in [0.5, 0.6) is 0 Å². The molecule has 2 heteroatoms. The minimum absolute atomic E-state index is 0.232. The van der Waals surface area contributed by atoms with Crippen LogP contribution in [0.3, 0.4) is 0 Å². The van der Waals surface area contributed by atoms with Gasteiger partial charge in [-0.3, -0.25) is 0 Å². The molecule has 0 unspecified atom stereocenters. The second-order valence-corrected chi connectivity index (χ2v) is 5.76. The second-order valence-electron chi connectivity index (χ2n) is 5.76. The van der Waals surface area contributed by atoms with Crippen LogP contribution in [-0.4, -0.2) is 11.9 Å². The predicted octanol–water partition coefficient (Wildman–Crippen LogP) is 4.16. The van der Waals surface area contributed by atoms with E-state index < -0.39 is 0 Å². The number of ether oxygens (including phenoxy) is 1. The Labute approximate surface area is 105 Å². The molecule has 0 aromatic heterocycles. The normalized spacial score (nSPS) is 20.6. The van der Waals surface area contributed by atoms with Crippen molar-refractivity contribution < 1.29 is 9.84 Å². The van der Waals surface area contributed by atoms with E-state index in [1.54, 1.807) is 17.4 Å². The molecule has 1 N–H and O–H groups in total. The molecular formula is C15H26O2. The number of allylic oxidation sites excluding steroid dienone is 3.